The predicted octanol–water partition coefficient (Wildman–Crippen LogP) is 3.16. The van der Waals surface area contributed by atoms with Gasteiger partial charge in [0.15, 0.2) is 0 Å². The third-order valence-corrected chi connectivity index (χ3v) is 3.93. The van der Waals surface area contributed by atoms with Gasteiger partial charge in [-0.25, -0.2) is 0 Å². The molecule has 1 aromatic rings. The second kappa shape index (κ2) is 6.09. The standard InChI is InChI=1S/C16H24N2O/c1-4-12(2)11-18(3)16(19)14-9-5-7-13-8-6-10-17-15(13)14/h5,7,9,12,17H,4,6,8,10-11H2,1-3H3. The van der Waals surface area contributed by atoms with Crippen LogP contribution in [0.1, 0.15) is 42.6 Å². The number of amides is 1. The van der Waals surface area contributed by atoms with Gasteiger partial charge < -0.3 is 10.2 Å². The van der Waals surface area contributed by atoms with E-state index in [1.165, 1.54) is 5.56 Å². The van der Waals surface area contributed by atoms with E-state index < -0.39 is 0 Å². The lowest BCUT2D eigenvalue weighted by Crippen LogP contribution is -2.32. The van der Waals surface area contributed by atoms with Crippen molar-refractivity contribution in [2.75, 3.05) is 25.5 Å². The van der Waals surface area contributed by atoms with E-state index in [9.17, 15) is 4.79 Å². The Balaban J connectivity index is 2.19. The molecule has 0 aromatic heterocycles. The van der Waals surface area contributed by atoms with Crippen molar-refractivity contribution >= 4 is 11.6 Å². The summed E-state index contributed by atoms with van der Waals surface area (Å²) in [4.78, 5) is 14.4. The van der Waals surface area contributed by atoms with Crippen molar-refractivity contribution < 1.29 is 4.79 Å². The molecule has 1 atom stereocenters. The minimum absolute atomic E-state index is 0.131. The fourth-order valence-corrected chi connectivity index (χ4v) is 2.57. The molecule has 1 aromatic carbocycles. The summed E-state index contributed by atoms with van der Waals surface area (Å²) in [6.07, 6.45) is 3.31. The van der Waals surface area contributed by atoms with Gasteiger partial charge in [0.05, 0.1) is 11.3 Å². The van der Waals surface area contributed by atoms with Gasteiger partial charge in [0.25, 0.3) is 5.91 Å². The molecule has 1 amide bonds. The summed E-state index contributed by atoms with van der Waals surface area (Å²) in [6.45, 7) is 6.13. The van der Waals surface area contributed by atoms with Gasteiger partial charge in [0, 0.05) is 20.1 Å². The molecule has 1 N–H and O–H groups in total. The first kappa shape index (κ1) is 13.9. The molecule has 0 radical (unpaired) electrons. The third kappa shape index (κ3) is 3.09. The number of fused-ring (bicyclic) bond motifs is 1. The van der Waals surface area contributed by atoms with Crippen molar-refractivity contribution in [1.29, 1.82) is 0 Å². The lowest BCUT2D eigenvalue weighted by molar-refractivity contribution is 0.0775. The fraction of sp³-hybridized carbons (Fsp3) is 0.562. The van der Waals surface area contributed by atoms with Crippen molar-refractivity contribution in [1.82, 2.24) is 4.90 Å². The minimum Gasteiger partial charge on any atom is -0.384 e. The van der Waals surface area contributed by atoms with Gasteiger partial charge in [-0.3, -0.25) is 4.79 Å². The number of nitrogens with one attached hydrogen (secondary N) is 1. The van der Waals surface area contributed by atoms with E-state index in [0.29, 0.717) is 5.92 Å². The summed E-state index contributed by atoms with van der Waals surface area (Å²) in [5, 5.41) is 3.39. The highest BCUT2D eigenvalue weighted by Gasteiger charge is 2.20. The van der Waals surface area contributed by atoms with Crippen LogP contribution in [0.4, 0.5) is 5.69 Å². The number of hydrogen-bond donors (Lipinski definition) is 1. The Kier molecular flexibility index (Phi) is 4.46. The van der Waals surface area contributed by atoms with Crippen molar-refractivity contribution in [2.24, 2.45) is 5.92 Å². The largest absolute Gasteiger partial charge is 0.384 e. The number of carbonyl (C=O) groups is 1. The Morgan fingerprint density at radius 2 is 2.26 bits per heavy atom. The average Bonchev–Trinajstić information content (AvgIpc) is 2.45. The Hall–Kier alpha value is -1.51. The zero-order valence-corrected chi connectivity index (χ0v) is 12.2. The number of rotatable bonds is 4. The molecule has 1 aliphatic rings. The molecule has 3 nitrogen and oxygen atoms in total. The van der Waals surface area contributed by atoms with Crippen molar-refractivity contribution in [2.45, 2.75) is 33.1 Å². The summed E-state index contributed by atoms with van der Waals surface area (Å²) in [7, 11) is 1.90. The topological polar surface area (TPSA) is 32.3 Å². The van der Waals surface area contributed by atoms with Gasteiger partial charge in [-0.05, 0) is 30.4 Å². The van der Waals surface area contributed by atoms with Crippen LogP contribution in [0.3, 0.4) is 0 Å². The van der Waals surface area contributed by atoms with Gasteiger partial charge in [-0.15, -0.1) is 0 Å². The van der Waals surface area contributed by atoms with Gasteiger partial charge in [0.2, 0.25) is 0 Å². The predicted molar refractivity (Wildman–Crippen MR) is 79.7 cm³/mol. The summed E-state index contributed by atoms with van der Waals surface area (Å²) >= 11 is 0. The Bertz CT molecular complexity index is 456. The van der Waals surface area contributed by atoms with Crippen LogP contribution in [0.2, 0.25) is 0 Å². The number of nitrogens with zero attached hydrogens (tertiary/aromatic N) is 1. The van der Waals surface area contributed by atoms with E-state index in [1.54, 1.807) is 0 Å². The van der Waals surface area contributed by atoms with E-state index in [2.05, 4.69) is 25.2 Å². The highest BCUT2D eigenvalue weighted by Crippen LogP contribution is 2.27. The summed E-state index contributed by atoms with van der Waals surface area (Å²) in [6, 6.07) is 6.05. The molecule has 1 unspecified atom stereocenters. The van der Waals surface area contributed by atoms with E-state index >= 15 is 0 Å². The van der Waals surface area contributed by atoms with Crippen LogP contribution in [0.5, 0.6) is 0 Å². The van der Waals surface area contributed by atoms with Crippen LogP contribution in [0, 0.1) is 5.92 Å². The first-order valence-corrected chi connectivity index (χ1v) is 7.24. The Morgan fingerprint density at radius 1 is 1.47 bits per heavy atom. The van der Waals surface area contributed by atoms with Crippen LogP contribution in [0.25, 0.3) is 0 Å². The molecule has 0 saturated carbocycles. The van der Waals surface area contributed by atoms with Gasteiger partial charge in [0.1, 0.15) is 0 Å². The highest BCUT2D eigenvalue weighted by atomic mass is 16.2. The highest BCUT2D eigenvalue weighted by molar-refractivity contribution is 6.00. The number of anilines is 1. The lowest BCUT2D eigenvalue weighted by atomic mass is 9.98. The van der Waals surface area contributed by atoms with Gasteiger partial charge >= 0.3 is 0 Å². The number of benzene rings is 1. The lowest BCUT2D eigenvalue weighted by Gasteiger charge is -2.25. The number of aryl methyl sites for hydroxylation is 1. The molecule has 3 heteroatoms. The smallest absolute Gasteiger partial charge is 0.255 e. The molecule has 0 spiro atoms. The van der Waals surface area contributed by atoms with Gasteiger partial charge in [-0.1, -0.05) is 32.4 Å². The van der Waals surface area contributed by atoms with E-state index in [1.807, 2.05) is 24.1 Å². The molecule has 104 valence electrons. The Morgan fingerprint density at radius 3 is 3.00 bits per heavy atom. The van der Waals surface area contributed by atoms with Crippen LogP contribution in [-0.2, 0) is 6.42 Å². The maximum Gasteiger partial charge on any atom is 0.255 e. The number of hydrogen-bond acceptors (Lipinski definition) is 2. The Labute approximate surface area is 116 Å². The molecule has 0 bridgehead atoms. The SMILES string of the molecule is CCC(C)CN(C)C(=O)c1cccc2c1NCCC2. The first-order valence-electron chi connectivity index (χ1n) is 7.24. The van der Waals surface area contributed by atoms with Gasteiger partial charge in [-0.2, -0.15) is 0 Å². The second-order valence-corrected chi connectivity index (χ2v) is 5.57. The normalized spacial score (nSPS) is 15.3. The molecular formula is C16H24N2O. The summed E-state index contributed by atoms with van der Waals surface area (Å²) in [5.41, 5.74) is 3.15. The number of carbonyl (C=O) groups excluding carboxylic acids is 1. The zero-order valence-electron chi connectivity index (χ0n) is 12.2. The third-order valence-electron chi connectivity index (χ3n) is 3.93. The van der Waals surface area contributed by atoms with E-state index in [4.69, 9.17) is 0 Å². The fourth-order valence-electron chi connectivity index (χ4n) is 2.57. The van der Waals surface area contributed by atoms with Crippen LogP contribution in [0.15, 0.2) is 18.2 Å². The molecule has 0 saturated heterocycles. The average molecular weight is 260 g/mol. The van der Waals surface area contributed by atoms with Crippen LogP contribution >= 0.6 is 0 Å². The quantitative estimate of drug-likeness (QED) is 0.902. The van der Waals surface area contributed by atoms with E-state index in [0.717, 1.165) is 43.6 Å². The number of para-hydroxylation sites is 1. The maximum atomic E-state index is 12.6. The molecule has 1 aliphatic heterocycles. The van der Waals surface area contributed by atoms with Crippen molar-refractivity contribution in [3.63, 3.8) is 0 Å². The minimum atomic E-state index is 0.131. The van der Waals surface area contributed by atoms with Crippen LogP contribution < -0.4 is 5.32 Å². The second-order valence-electron chi connectivity index (χ2n) is 5.57. The van der Waals surface area contributed by atoms with Crippen molar-refractivity contribution in [3.05, 3.63) is 29.3 Å². The monoisotopic (exact) mass is 260 g/mol. The summed E-state index contributed by atoms with van der Waals surface area (Å²) < 4.78 is 0. The van der Waals surface area contributed by atoms with Crippen molar-refractivity contribution in [3.8, 4) is 0 Å². The maximum absolute atomic E-state index is 12.6. The first-order chi connectivity index (χ1) is 9.13. The molecule has 1 heterocycles. The molecular weight excluding hydrogens is 236 g/mol. The molecule has 19 heavy (non-hydrogen) atoms. The molecule has 0 aliphatic carbocycles. The summed E-state index contributed by atoms with van der Waals surface area (Å²) in [5.74, 6) is 0.674. The van der Waals surface area contributed by atoms with Crippen LogP contribution in [-0.4, -0.2) is 30.9 Å². The molecule has 0 fully saturated rings. The zero-order chi connectivity index (χ0) is 13.8. The molecule has 2 rings (SSSR count). The van der Waals surface area contributed by atoms with E-state index in [-0.39, 0.29) is 5.91 Å².